The molecule has 0 aliphatic rings. The van der Waals surface area contributed by atoms with E-state index in [0.717, 1.165) is 6.42 Å². The van der Waals surface area contributed by atoms with Crippen molar-refractivity contribution in [3.63, 3.8) is 0 Å². The van der Waals surface area contributed by atoms with Gasteiger partial charge in [-0.2, -0.15) is 0 Å². The van der Waals surface area contributed by atoms with E-state index >= 15 is 0 Å². The Bertz CT molecular complexity index is 123. The van der Waals surface area contributed by atoms with Crippen molar-refractivity contribution in [1.82, 2.24) is 5.23 Å². The molecule has 0 aromatic carbocycles. The minimum absolute atomic E-state index is 0.576. The molecule has 0 bridgehead atoms. The van der Waals surface area contributed by atoms with Crippen molar-refractivity contribution in [2.24, 2.45) is 0 Å². The Balaban J connectivity index is -0.000000105. The predicted molar refractivity (Wildman–Crippen MR) is 101 cm³/mol. The first-order valence-corrected chi connectivity index (χ1v) is 9.65. The number of unbranched alkanes of at least 4 members (excludes halogenated alkanes) is 7. The molecule has 0 saturated heterocycles. The molecule has 0 amide bonds. The van der Waals surface area contributed by atoms with E-state index in [1.165, 1.54) is 64.8 Å². The molecule has 0 radical (unpaired) electrons. The molecule has 1 N–H and O–H groups in total. The van der Waals surface area contributed by atoms with E-state index in [1.54, 1.807) is 0 Å². The molecule has 0 spiro atoms. The Morgan fingerprint density at radius 2 is 0.955 bits per heavy atom. The highest BCUT2D eigenvalue weighted by Crippen LogP contribution is 2.00. The van der Waals surface area contributed by atoms with Gasteiger partial charge >= 0.3 is 0 Å². The second-order valence-electron chi connectivity index (χ2n) is 5.07. The molecule has 0 atom stereocenters. The maximum absolute atomic E-state index is 8.29. The molecule has 0 aromatic heterocycles. The van der Waals surface area contributed by atoms with E-state index in [4.69, 9.17) is 5.21 Å². The van der Waals surface area contributed by atoms with Gasteiger partial charge in [-0.15, -0.1) is 0 Å². The lowest BCUT2D eigenvalue weighted by atomic mass is 10.2. The SMILES string of the molecule is CC.CCCCCC.CCCCCCC.CCCON(C)O. The summed E-state index contributed by atoms with van der Waals surface area (Å²) in [5.41, 5.74) is 0. The third-order valence-electron chi connectivity index (χ3n) is 2.65. The summed E-state index contributed by atoms with van der Waals surface area (Å²) >= 11 is 0. The van der Waals surface area contributed by atoms with Gasteiger partial charge in [-0.3, -0.25) is 10.0 Å². The van der Waals surface area contributed by atoms with Crippen LogP contribution in [0.15, 0.2) is 0 Å². The lowest BCUT2D eigenvalue weighted by molar-refractivity contribution is -0.323. The largest absolute Gasteiger partial charge is 0.290 e. The van der Waals surface area contributed by atoms with E-state index in [1.807, 2.05) is 20.8 Å². The van der Waals surface area contributed by atoms with Crippen LogP contribution in [-0.4, -0.2) is 24.1 Å². The third-order valence-corrected chi connectivity index (χ3v) is 2.65. The van der Waals surface area contributed by atoms with Gasteiger partial charge < -0.3 is 0 Å². The van der Waals surface area contributed by atoms with Gasteiger partial charge in [0.2, 0.25) is 0 Å². The lowest BCUT2D eigenvalue weighted by Gasteiger charge is -2.04. The van der Waals surface area contributed by atoms with Gasteiger partial charge in [0.05, 0.1) is 6.61 Å². The van der Waals surface area contributed by atoms with Crippen LogP contribution in [0.5, 0.6) is 0 Å². The first kappa shape index (κ1) is 29.8. The Labute approximate surface area is 142 Å². The van der Waals surface area contributed by atoms with Gasteiger partial charge in [-0.1, -0.05) is 111 Å². The summed E-state index contributed by atoms with van der Waals surface area (Å²) in [6.45, 7) is 15.5. The summed E-state index contributed by atoms with van der Waals surface area (Å²) in [5, 5.41) is 9.01. The summed E-state index contributed by atoms with van der Waals surface area (Å²) in [5.74, 6) is 0. The van der Waals surface area contributed by atoms with Crippen molar-refractivity contribution < 1.29 is 10.0 Å². The standard InChI is InChI=1S/C7H16.C6H14.C4H11NO2.C2H6/c1-3-5-7-6-4-2;1-3-5-6-4-2;1-3-4-7-5(2)6;1-2/h3-7H2,1-2H3;3-6H2,1-2H3;6H,3-4H2,1-2H3;1-2H3. The van der Waals surface area contributed by atoms with E-state index in [-0.39, 0.29) is 0 Å². The molecular formula is C19H47NO2. The van der Waals surface area contributed by atoms with Crippen LogP contribution in [0.4, 0.5) is 0 Å². The average Bonchev–Trinajstić information content (AvgIpc) is 2.54. The smallest absolute Gasteiger partial charge is 0.0708 e. The molecule has 0 unspecified atom stereocenters. The summed E-state index contributed by atoms with van der Waals surface area (Å²) in [4.78, 5) is 4.58. The van der Waals surface area contributed by atoms with Gasteiger partial charge in [0, 0.05) is 7.05 Å². The van der Waals surface area contributed by atoms with Crippen molar-refractivity contribution in [2.45, 2.75) is 113 Å². The quantitative estimate of drug-likeness (QED) is 0.340. The van der Waals surface area contributed by atoms with Gasteiger partial charge in [0.1, 0.15) is 0 Å². The first-order chi connectivity index (χ1) is 10.6. The van der Waals surface area contributed by atoms with Gasteiger partial charge in [-0.25, -0.2) is 0 Å². The number of hydrogen-bond donors (Lipinski definition) is 1. The zero-order valence-corrected chi connectivity index (χ0v) is 17.1. The number of rotatable bonds is 10. The summed E-state index contributed by atoms with van der Waals surface area (Å²) in [7, 11) is 1.44. The van der Waals surface area contributed by atoms with Crippen molar-refractivity contribution in [2.75, 3.05) is 13.7 Å². The second kappa shape index (κ2) is 37.3. The maximum Gasteiger partial charge on any atom is 0.0708 e. The van der Waals surface area contributed by atoms with Crippen LogP contribution in [0.2, 0.25) is 0 Å². The monoisotopic (exact) mass is 321 g/mol. The fraction of sp³-hybridized carbons (Fsp3) is 1.00. The molecule has 3 nitrogen and oxygen atoms in total. The first-order valence-electron chi connectivity index (χ1n) is 9.65. The molecule has 3 heteroatoms. The Kier molecular flexibility index (Phi) is 50.5. The molecule has 0 rings (SSSR count). The number of hydroxylamine groups is 2. The van der Waals surface area contributed by atoms with Gasteiger partial charge in [-0.05, 0) is 6.42 Å². The molecule has 0 aliphatic heterocycles. The van der Waals surface area contributed by atoms with Crippen molar-refractivity contribution in [3.8, 4) is 0 Å². The molecule has 0 saturated carbocycles. The summed E-state index contributed by atoms with van der Waals surface area (Å²) in [6, 6.07) is 0. The predicted octanol–water partition coefficient (Wildman–Crippen LogP) is 7.24. The van der Waals surface area contributed by atoms with E-state index in [0.29, 0.717) is 11.8 Å². The minimum Gasteiger partial charge on any atom is -0.290 e. The van der Waals surface area contributed by atoms with Crippen molar-refractivity contribution in [3.05, 3.63) is 0 Å². The van der Waals surface area contributed by atoms with Crippen LogP contribution in [0.3, 0.4) is 0 Å². The molecule has 0 heterocycles. The number of hydrogen-bond acceptors (Lipinski definition) is 3. The second-order valence-corrected chi connectivity index (χ2v) is 5.07. The highest BCUT2D eigenvalue weighted by Gasteiger charge is 1.84. The van der Waals surface area contributed by atoms with Crippen LogP contribution in [0, 0.1) is 0 Å². The highest BCUT2D eigenvalue weighted by molar-refractivity contribution is 4.36. The Hall–Kier alpha value is -0.120. The maximum atomic E-state index is 8.29. The molecule has 0 aliphatic carbocycles. The van der Waals surface area contributed by atoms with E-state index in [2.05, 4.69) is 32.5 Å². The molecule has 0 aromatic rings. The fourth-order valence-electron chi connectivity index (χ4n) is 1.40. The lowest BCUT2D eigenvalue weighted by Crippen LogP contribution is -2.13. The third kappa shape index (κ3) is 59.9. The van der Waals surface area contributed by atoms with E-state index in [9.17, 15) is 0 Å². The van der Waals surface area contributed by atoms with Gasteiger partial charge in [0.25, 0.3) is 0 Å². The van der Waals surface area contributed by atoms with Crippen LogP contribution >= 0.6 is 0 Å². The molecule has 0 fully saturated rings. The molecule has 22 heavy (non-hydrogen) atoms. The minimum atomic E-state index is 0.576. The average molecular weight is 322 g/mol. The van der Waals surface area contributed by atoms with Crippen LogP contribution in [0.1, 0.15) is 113 Å². The van der Waals surface area contributed by atoms with Crippen LogP contribution < -0.4 is 0 Å². The molecular weight excluding hydrogens is 274 g/mol. The summed E-state index contributed by atoms with van der Waals surface area (Å²) in [6.07, 6.45) is 13.5. The van der Waals surface area contributed by atoms with Crippen LogP contribution in [0.25, 0.3) is 0 Å². The zero-order valence-electron chi connectivity index (χ0n) is 17.1. The topological polar surface area (TPSA) is 32.7 Å². The Morgan fingerprint density at radius 3 is 1.14 bits per heavy atom. The zero-order chi connectivity index (χ0) is 18.1. The van der Waals surface area contributed by atoms with E-state index < -0.39 is 0 Å². The normalized spacial score (nSPS) is 9.00. The molecule has 140 valence electrons. The van der Waals surface area contributed by atoms with Crippen molar-refractivity contribution in [1.29, 1.82) is 0 Å². The van der Waals surface area contributed by atoms with Crippen molar-refractivity contribution >= 4 is 0 Å². The Morgan fingerprint density at radius 1 is 0.636 bits per heavy atom. The summed E-state index contributed by atoms with van der Waals surface area (Å²) < 4.78 is 0. The van der Waals surface area contributed by atoms with Gasteiger partial charge in [0.15, 0.2) is 0 Å². The fourth-order valence-corrected chi connectivity index (χ4v) is 1.40. The van der Waals surface area contributed by atoms with Crippen LogP contribution in [-0.2, 0) is 4.84 Å². The highest BCUT2D eigenvalue weighted by atomic mass is 16.9. The number of nitrogens with zero attached hydrogens (tertiary/aromatic N) is 1.